The number of ether oxygens (including phenoxy) is 1. The first-order valence-corrected chi connectivity index (χ1v) is 15.7. The summed E-state index contributed by atoms with van der Waals surface area (Å²) in [6.45, 7) is 19.0. The predicted octanol–water partition coefficient (Wildman–Crippen LogP) is 5.04. The van der Waals surface area contributed by atoms with Crippen LogP contribution in [-0.2, 0) is 13.2 Å². The van der Waals surface area contributed by atoms with Gasteiger partial charge >= 0.3 is 5.69 Å². The highest BCUT2D eigenvalue weighted by Crippen LogP contribution is 2.47. The van der Waals surface area contributed by atoms with E-state index in [0.717, 1.165) is 84.7 Å². The van der Waals surface area contributed by atoms with E-state index in [1.807, 2.05) is 10.6 Å². The number of hydrogen-bond donors (Lipinski definition) is 0. The Kier molecular flexibility index (Phi) is 6.50. The molecule has 2 fully saturated rings. The van der Waals surface area contributed by atoms with Crippen molar-refractivity contribution in [1.82, 2.24) is 19.4 Å². The highest BCUT2D eigenvalue weighted by Gasteiger charge is 2.43. The maximum Gasteiger partial charge on any atom is 0.350 e. The third-order valence-electron chi connectivity index (χ3n) is 9.99. The number of rotatable bonds is 5. The molecule has 0 bridgehead atoms. The van der Waals surface area contributed by atoms with Crippen molar-refractivity contribution in [2.75, 3.05) is 31.1 Å². The summed E-state index contributed by atoms with van der Waals surface area (Å²) in [6.07, 6.45) is 9.43. The van der Waals surface area contributed by atoms with Gasteiger partial charge in [0.05, 0.1) is 17.6 Å². The molecule has 4 aliphatic rings. The molecular formula is C34H40N5O2P. The Morgan fingerprint density at radius 2 is 2.05 bits per heavy atom. The number of hydrogen-bond acceptors (Lipinski definition) is 6. The fourth-order valence-electron chi connectivity index (χ4n) is 7.67. The number of allylic oxidation sites excluding steroid dienone is 1. The minimum atomic E-state index is -0.202. The summed E-state index contributed by atoms with van der Waals surface area (Å²) in [6, 6.07) is 6.72. The molecule has 7 nitrogen and oxygen atoms in total. The minimum Gasteiger partial charge on any atom is -0.486 e. The SMILES string of the molecule is C=CC(=C)N1CCN(c2nc(=O)n(CC34CC=CN3CCC4)c3c4c(c(C)cc23)-c2c(ccc(C)c2P)CO4)[C@@H](C)C1. The number of piperazine rings is 1. The van der Waals surface area contributed by atoms with Crippen LogP contribution in [0.15, 0.2) is 60.2 Å². The molecule has 0 amide bonds. The lowest BCUT2D eigenvalue weighted by Crippen LogP contribution is -2.52. The Balaban J connectivity index is 1.46. The second-order valence-electron chi connectivity index (χ2n) is 12.5. The third kappa shape index (κ3) is 4.04. The van der Waals surface area contributed by atoms with Crippen molar-refractivity contribution in [3.8, 4) is 16.9 Å². The molecule has 0 spiro atoms. The van der Waals surface area contributed by atoms with E-state index in [1.54, 1.807) is 0 Å². The summed E-state index contributed by atoms with van der Waals surface area (Å²) < 4.78 is 8.60. The summed E-state index contributed by atoms with van der Waals surface area (Å²) >= 11 is 0. The molecule has 7 rings (SSSR count). The fraction of sp³-hybridized carbons (Fsp3) is 0.412. The number of aryl methyl sites for hydroxylation is 2. The number of nitrogens with zero attached hydrogens (tertiary/aromatic N) is 5. The van der Waals surface area contributed by atoms with Crippen LogP contribution in [0.2, 0.25) is 0 Å². The first-order valence-electron chi connectivity index (χ1n) is 15.1. The Bertz CT molecular complexity index is 1740. The third-order valence-corrected chi connectivity index (χ3v) is 10.7. The average molecular weight is 582 g/mol. The van der Waals surface area contributed by atoms with Crippen molar-refractivity contribution < 1.29 is 4.74 Å². The molecule has 8 heteroatoms. The van der Waals surface area contributed by atoms with E-state index < -0.39 is 0 Å². The van der Waals surface area contributed by atoms with Gasteiger partial charge in [0.15, 0.2) is 5.75 Å². The van der Waals surface area contributed by atoms with E-state index in [9.17, 15) is 4.79 Å². The second-order valence-corrected chi connectivity index (χ2v) is 13.1. The first kappa shape index (κ1) is 27.3. The standard InChI is InChI=1S/C34H40N5O2P/c1-6-23(4)36-15-16-38(24(5)18-36)32-26-17-22(3)27-28-25(10-9-21(2)31(28)42)19-41-30(27)29(26)39(33(40)35-32)20-34-11-7-13-37(34)14-8-12-34/h6-7,9-10,13,17,24H,1,4,8,11-12,14-16,18-20,42H2,2-3,5H3/t24-,34?/m0/s1. The largest absolute Gasteiger partial charge is 0.486 e. The summed E-state index contributed by atoms with van der Waals surface area (Å²) in [5, 5.41) is 2.18. The van der Waals surface area contributed by atoms with E-state index in [2.05, 4.69) is 88.3 Å². The van der Waals surface area contributed by atoms with Gasteiger partial charge in [0.2, 0.25) is 0 Å². The van der Waals surface area contributed by atoms with E-state index in [-0.39, 0.29) is 17.3 Å². The molecule has 218 valence electrons. The summed E-state index contributed by atoms with van der Waals surface area (Å²) in [7, 11) is 2.96. The highest BCUT2D eigenvalue weighted by atomic mass is 31.0. The van der Waals surface area contributed by atoms with Crippen molar-refractivity contribution in [2.24, 2.45) is 0 Å². The van der Waals surface area contributed by atoms with Gasteiger partial charge in [-0.05, 0) is 85.9 Å². The molecular weight excluding hydrogens is 541 g/mol. The topological polar surface area (TPSA) is 53.8 Å². The van der Waals surface area contributed by atoms with Crippen LogP contribution in [0.3, 0.4) is 0 Å². The minimum absolute atomic E-state index is 0.0867. The van der Waals surface area contributed by atoms with Crippen LogP contribution < -0.4 is 20.6 Å². The zero-order valence-corrected chi connectivity index (χ0v) is 26.1. The van der Waals surface area contributed by atoms with E-state index in [1.165, 1.54) is 22.0 Å². The van der Waals surface area contributed by atoms with Crippen LogP contribution in [-0.4, -0.2) is 57.1 Å². The van der Waals surface area contributed by atoms with Gasteiger partial charge in [-0.2, -0.15) is 4.98 Å². The maximum atomic E-state index is 14.2. The zero-order valence-electron chi connectivity index (χ0n) is 24.9. The van der Waals surface area contributed by atoms with Crippen LogP contribution in [0, 0.1) is 13.8 Å². The molecule has 2 unspecified atom stereocenters. The molecule has 1 aromatic heterocycles. The number of anilines is 1. The van der Waals surface area contributed by atoms with Gasteiger partial charge in [-0.25, -0.2) is 4.79 Å². The first-order chi connectivity index (χ1) is 20.2. The van der Waals surface area contributed by atoms with Gasteiger partial charge in [0.25, 0.3) is 0 Å². The molecule has 42 heavy (non-hydrogen) atoms. The summed E-state index contributed by atoms with van der Waals surface area (Å²) in [5.41, 5.74) is 7.36. The predicted molar refractivity (Wildman–Crippen MR) is 175 cm³/mol. The lowest BCUT2D eigenvalue weighted by atomic mass is 9.89. The zero-order chi connectivity index (χ0) is 29.3. The Morgan fingerprint density at radius 3 is 2.83 bits per heavy atom. The summed E-state index contributed by atoms with van der Waals surface area (Å²) in [4.78, 5) is 26.1. The molecule has 2 saturated heterocycles. The number of benzene rings is 2. The Labute approximate surface area is 250 Å². The molecule has 0 aliphatic carbocycles. The second kappa shape index (κ2) is 10.0. The quantitative estimate of drug-likeness (QED) is 0.311. The van der Waals surface area contributed by atoms with Gasteiger partial charge in [0.1, 0.15) is 12.4 Å². The summed E-state index contributed by atoms with van der Waals surface area (Å²) in [5.74, 6) is 1.56. The number of fused-ring (bicyclic) bond motifs is 6. The fourth-order valence-corrected chi connectivity index (χ4v) is 8.10. The van der Waals surface area contributed by atoms with Crippen molar-refractivity contribution in [3.63, 3.8) is 0 Å². The molecule has 3 atom stereocenters. The monoisotopic (exact) mass is 581 g/mol. The van der Waals surface area contributed by atoms with Gasteiger partial charge in [-0.1, -0.05) is 31.4 Å². The van der Waals surface area contributed by atoms with E-state index in [4.69, 9.17) is 9.72 Å². The van der Waals surface area contributed by atoms with Crippen molar-refractivity contribution in [1.29, 1.82) is 0 Å². The van der Waals surface area contributed by atoms with Crippen LogP contribution in [0.1, 0.15) is 42.9 Å². The molecule has 3 aromatic rings. The molecule has 2 aromatic carbocycles. The van der Waals surface area contributed by atoms with Crippen LogP contribution in [0.5, 0.6) is 5.75 Å². The Hall–Kier alpha value is -3.57. The van der Waals surface area contributed by atoms with Gasteiger partial charge in [-0.3, -0.25) is 4.57 Å². The van der Waals surface area contributed by atoms with Crippen LogP contribution >= 0.6 is 9.24 Å². The molecule has 0 N–H and O–H groups in total. The van der Waals surface area contributed by atoms with Gasteiger partial charge in [-0.15, -0.1) is 9.24 Å². The van der Waals surface area contributed by atoms with Crippen molar-refractivity contribution in [3.05, 3.63) is 82.6 Å². The van der Waals surface area contributed by atoms with Gasteiger partial charge < -0.3 is 19.4 Å². The van der Waals surface area contributed by atoms with E-state index in [0.29, 0.717) is 13.2 Å². The number of aromatic nitrogens is 2. The Morgan fingerprint density at radius 1 is 1.21 bits per heavy atom. The van der Waals surface area contributed by atoms with Crippen LogP contribution in [0.25, 0.3) is 22.0 Å². The van der Waals surface area contributed by atoms with Crippen LogP contribution in [0.4, 0.5) is 5.82 Å². The van der Waals surface area contributed by atoms with E-state index >= 15 is 0 Å². The van der Waals surface area contributed by atoms with Crippen molar-refractivity contribution >= 4 is 31.3 Å². The molecule has 0 saturated carbocycles. The smallest absolute Gasteiger partial charge is 0.350 e. The molecule has 4 aliphatic heterocycles. The normalized spacial score (nSPS) is 22.7. The molecule has 0 radical (unpaired) electrons. The van der Waals surface area contributed by atoms with Crippen molar-refractivity contribution in [2.45, 2.75) is 64.8 Å². The lowest BCUT2D eigenvalue weighted by molar-refractivity contribution is 0.194. The highest BCUT2D eigenvalue weighted by molar-refractivity contribution is 7.28. The average Bonchev–Trinajstić information content (AvgIpc) is 3.56. The lowest BCUT2D eigenvalue weighted by Gasteiger charge is -2.42. The molecule has 5 heterocycles. The maximum absolute atomic E-state index is 14.2. The van der Waals surface area contributed by atoms with Gasteiger partial charge in [0, 0.05) is 48.9 Å².